The Balaban J connectivity index is 2.38. The van der Waals surface area contributed by atoms with Gasteiger partial charge in [-0.05, 0) is 11.6 Å². The van der Waals surface area contributed by atoms with Crippen molar-refractivity contribution in [1.82, 2.24) is 15.0 Å². The van der Waals surface area contributed by atoms with Gasteiger partial charge in [-0.25, -0.2) is 4.98 Å². The lowest BCUT2D eigenvalue weighted by atomic mass is 10.2. The van der Waals surface area contributed by atoms with E-state index in [2.05, 4.69) is 20.3 Å². The molecule has 8 nitrogen and oxygen atoms in total. The molecule has 116 valence electrons. The van der Waals surface area contributed by atoms with Gasteiger partial charge in [0.1, 0.15) is 5.82 Å². The summed E-state index contributed by atoms with van der Waals surface area (Å²) in [6.45, 7) is 4.18. The molecule has 2 heterocycles. The summed E-state index contributed by atoms with van der Waals surface area (Å²) >= 11 is 0. The van der Waals surface area contributed by atoms with Gasteiger partial charge < -0.3 is 10.1 Å². The lowest BCUT2D eigenvalue weighted by Gasteiger charge is -2.11. The monoisotopic (exact) mass is 303 g/mol. The first-order chi connectivity index (χ1) is 10.5. The van der Waals surface area contributed by atoms with Crippen molar-refractivity contribution in [2.75, 3.05) is 12.4 Å². The van der Waals surface area contributed by atoms with Crippen LogP contribution in [0.5, 0.6) is 5.88 Å². The third kappa shape index (κ3) is 3.46. The van der Waals surface area contributed by atoms with Crippen LogP contribution in [0.1, 0.15) is 31.2 Å². The zero-order chi connectivity index (χ0) is 16.1. The van der Waals surface area contributed by atoms with Crippen LogP contribution >= 0.6 is 0 Å². The van der Waals surface area contributed by atoms with Crippen LogP contribution < -0.4 is 10.1 Å². The van der Waals surface area contributed by atoms with Crippen LogP contribution in [0.25, 0.3) is 0 Å². The molecule has 2 aromatic heterocycles. The van der Waals surface area contributed by atoms with Crippen molar-refractivity contribution >= 4 is 11.5 Å². The fraction of sp³-hybridized carbons (Fsp3) is 0.357. The first-order valence-electron chi connectivity index (χ1n) is 6.76. The van der Waals surface area contributed by atoms with Crippen molar-refractivity contribution in [3.8, 4) is 5.88 Å². The molecule has 8 heteroatoms. The summed E-state index contributed by atoms with van der Waals surface area (Å²) in [5.74, 6) is 0.603. The molecular formula is C14H17N5O3. The molecule has 0 saturated heterocycles. The van der Waals surface area contributed by atoms with Gasteiger partial charge in [0, 0.05) is 24.9 Å². The summed E-state index contributed by atoms with van der Waals surface area (Å²) in [5, 5.41) is 14.3. The number of hydrogen-bond acceptors (Lipinski definition) is 7. The zero-order valence-electron chi connectivity index (χ0n) is 12.6. The Morgan fingerprint density at radius 3 is 2.73 bits per heavy atom. The van der Waals surface area contributed by atoms with E-state index in [1.807, 2.05) is 19.9 Å². The Labute approximate surface area is 127 Å². The number of nitrogens with zero attached hydrogens (tertiary/aromatic N) is 4. The molecule has 1 N–H and O–H groups in total. The molecule has 0 atom stereocenters. The maximum Gasteiger partial charge on any atom is 0.372 e. The number of aromatic nitrogens is 3. The van der Waals surface area contributed by atoms with Crippen LogP contribution in [0.4, 0.5) is 11.5 Å². The second-order valence-electron chi connectivity index (χ2n) is 4.91. The van der Waals surface area contributed by atoms with Gasteiger partial charge in [-0.2, -0.15) is 4.98 Å². The molecule has 0 bridgehead atoms. The van der Waals surface area contributed by atoms with Crippen molar-refractivity contribution in [2.24, 2.45) is 0 Å². The first-order valence-corrected chi connectivity index (χ1v) is 6.76. The van der Waals surface area contributed by atoms with Crippen molar-refractivity contribution in [2.45, 2.75) is 26.3 Å². The maximum atomic E-state index is 11.3. The second-order valence-corrected chi connectivity index (χ2v) is 4.91. The maximum absolute atomic E-state index is 11.3. The first kappa shape index (κ1) is 15.6. The van der Waals surface area contributed by atoms with Crippen LogP contribution in [0.3, 0.4) is 0 Å². The van der Waals surface area contributed by atoms with Crippen LogP contribution in [-0.4, -0.2) is 27.0 Å². The third-order valence-corrected chi connectivity index (χ3v) is 2.94. The number of nitro groups is 1. The van der Waals surface area contributed by atoms with E-state index in [0.29, 0.717) is 12.4 Å². The Morgan fingerprint density at radius 2 is 2.18 bits per heavy atom. The third-order valence-electron chi connectivity index (χ3n) is 2.94. The van der Waals surface area contributed by atoms with Gasteiger partial charge >= 0.3 is 5.69 Å². The van der Waals surface area contributed by atoms with Crippen molar-refractivity contribution in [1.29, 1.82) is 0 Å². The molecule has 0 aliphatic heterocycles. The fourth-order valence-corrected chi connectivity index (χ4v) is 1.83. The summed E-state index contributed by atoms with van der Waals surface area (Å²) in [6, 6.07) is 3.67. The Morgan fingerprint density at radius 1 is 1.41 bits per heavy atom. The van der Waals surface area contributed by atoms with Crippen LogP contribution in [-0.2, 0) is 6.54 Å². The van der Waals surface area contributed by atoms with Gasteiger partial charge in [-0.1, -0.05) is 19.9 Å². The SMILES string of the molecule is COc1nc(C(C)C)nc(NCc2cccnc2)c1[N+](=O)[O-]. The molecule has 0 amide bonds. The molecule has 0 radical (unpaired) electrons. The highest BCUT2D eigenvalue weighted by Crippen LogP contribution is 2.33. The number of hydrogen-bond donors (Lipinski definition) is 1. The summed E-state index contributed by atoms with van der Waals surface area (Å²) in [6.07, 6.45) is 3.34. The Kier molecular flexibility index (Phi) is 4.82. The predicted octanol–water partition coefficient (Wildman–Crippen LogP) is 2.52. The number of nitrogens with one attached hydrogen (secondary N) is 1. The van der Waals surface area contributed by atoms with Gasteiger partial charge in [0.05, 0.1) is 12.0 Å². The van der Waals surface area contributed by atoms with Gasteiger partial charge in [0.15, 0.2) is 0 Å². The number of rotatable bonds is 6. The van der Waals surface area contributed by atoms with Gasteiger partial charge in [0.25, 0.3) is 5.88 Å². The Hall–Kier alpha value is -2.77. The van der Waals surface area contributed by atoms with E-state index in [1.54, 1.807) is 18.5 Å². The van der Waals surface area contributed by atoms with E-state index >= 15 is 0 Å². The van der Waals surface area contributed by atoms with E-state index in [-0.39, 0.29) is 23.3 Å². The van der Waals surface area contributed by atoms with Crippen LogP contribution in [0, 0.1) is 10.1 Å². The summed E-state index contributed by atoms with van der Waals surface area (Å²) in [7, 11) is 1.35. The van der Waals surface area contributed by atoms with Gasteiger partial charge in [-0.3, -0.25) is 15.1 Å². The smallest absolute Gasteiger partial charge is 0.372 e. The largest absolute Gasteiger partial charge is 0.476 e. The number of anilines is 1. The standard InChI is InChI=1S/C14H17N5O3/c1-9(2)12-17-13(11(19(20)21)14(18-12)22-3)16-8-10-5-4-6-15-7-10/h4-7,9H,8H2,1-3H3,(H,16,17,18). The summed E-state index contributed by atoms with van der Waals surface area (Å²) in [4.78, 5) is 23.1. The molecule has 0 spiro atoms. The minimum atomic E-state index is -0.547. The normalized spacial score (nSPS) is 10.5. The quantitative estimate of drug-likeness (QED) is 0.646. The molecule has 0 aliphatic carbocycles. The minimum Gasteiger partial charge on any atom is -0.476 e. The minimum absolute atomic E-state index is 0.0219. The second kappa shape index (κ2) is 6.79. The highest BCUT2D eigenvalue weighted by molar-refractivity contribution is 5.62. The van der Waals surface area contributed by atoms with E-state index in [1.165, 1.54) is 7.11 Å². The predicted molar refractivity (Wildman–Crippen MR) is 80.9 cm³/mol. The average molecular weight is 303 g/mol. The highest BCUT2D eigenvalue weighted by Gasteiger charge is 2.26. The van der Waals surface area contributed by atoms with Crippen molar-refractivity contribution in [3.63, 3.8) is 0 Å². The molecule has 0 unspecified atom stereocenters. The molecule has 22 heavy (non-hydrogen) atoms. The Bertz CT molecular complexity index is 661. The van der Waals surface area contributed by atoms with Crippen LogP contribution in [0.2, 0.25) is 0 Å². The summed E-state index contributed by atoms with van der Waals surface area (Å²) < 4.78 is 5.05. The zero-order valence-corrected chi connectivity index (χ0v) is 12.6. The topological polar surface area (TPSA) is 103 Å². The highest BCUT2D eigenvalue weighted by atomic mass is 16.6. The van der Waals surface area contributed by atoms with Crippen LogP contribution in [0.15, 0.2) is 24.5 Å². The van der Waals surface area contributed by atoms with Gasteiger partial charge in [-0.15, -0.1) is 0 Å². The number of methoxy groups -OCH3 is 1. The molecule has 2 rings (SSSR count). The van der Waals surface area contributed by atoms with Gasteiger partial charge in [0.2, 0.25) is 5.82 Å². The lowest BCUT2D eigenvalue weighted by molar-refractivity contribution is -0.385. The molecule has 0 saturated carbocycles. The fourth-order valence-electron chi connectivity index (χ4n) is 1.83. The van der Waals surface area contributed by atoms with E-state index in [4.69, 9.17) is 4.74 Å². The lowest BCUT2D eigenvalue weighted by Crippen LogP contribution is -2.10. The molecule has 0 fully saturated rings. The van der Waals surface area contributed by atoms with E-state index < -0.39 is 4.92 Å². The number of ether oxygens (including phenoxy) is 1. The van der Waals surface area contributed by atoms with Crippen molar-refractivity contribution in [3.05, 3.63) is 46.0 Å². The molecule has 0 aliphatic rings. The molecule has 2 aromatic rings. The summed E-state index contributed by atoms with van der Waals surface area (Å²) in [5.41, 5.74) is 0.622. The number of pyridine rings is 1. The van der Waals surface area contributed by atoms with Crippen molar-refractivity contribution < 1.29 is 9.66 Å². The molecular weight excluding hydrogens is 286 g/mol. The van der Waals surface area contributed by atoms with E-state index in [0.717, 1.165) is 5.56 Å². The molecule has 0 aromatic carbocycles. The average Bonchev–Trinajstić information content (AvgIpc) is 2.52. The van der Waals surface area contributed by atoms with E-state index in [9.17, 15) is 10.1 Å².